The lowest BCUT2D eigenvalue weighted by molar-refractivity contribution is 0.266. The first kappa shape index (κ1) is 25.5. The fraction of sp³-hybridized carbons (Fsp3) is 0.318. The Bertz CT molecular complexity index is 870. The minimum Gasteiger partial charge on any atom is -0.494 e. The largest absolute Gasteiger partial charge is 0.494 e. The third kappa shape index (κ3) is 9.92. The summed E-state index contributed by atoms with van der Waals surface area (Å²) < 4.78 is 17.0. The van der Waals surface area contributed by atoms with Gasteiger partial charge < -0.3 is 19.0 Å². The molecule has 5 nitrogen and oxygen atoms in total. The van der Waals surface area contributed by atoms with Crippen LogP contribution in [0.5, 0.6) is 23.0 Å². The lowest BCUT2D eigenvalue weighted by Crippen LogP contribution is -2.03. The molecule has 0 saturated heterocycles. The summed E-state index contributed by atoms with van der Waals surface area (Å²) in [6, 6.07) is 10.6. The summed E-state index contributed by atoms with van der Waals surface area (Å²) in [5, 5.41) is 4.64. The van der Waals surface area contributed by atoms with Crippen LogP contribution in [-0.4, -0.2) is 25.5 Å². The number of hydrogen-bond acceptors (Lipinski definition) is 5. The Labute approximate surface area is 202 Å². The van der Waals surface area contributed by atoms with Crippen LogP contribution in [0.2, 0.25) is 10.0 Å². The zero-order valence-electron chi connectivity index (χ0n) is 17.2. The van der Waals surface area contributed by atoms with Crippen molar-refractivity contribution in [2.24, 2.45) is 5.16 Å². The molecule has 0 amide bonds. The molecule has 0 N–H and O–H groups in total. The first-order valence-corrected chi connectivity index (χ1v) is 11.0. The number of benzene rings is 2. The Morgan fingerprint density at radius 1 is 0.839 bits per heavy atom. The summed E-state index contributed by atoms with van der Waals surface area (Å²) in [4.78, 5) is 5.25. The first-order chi connectivity index (χ1) is 14.8. The van der Waals surface area contributed by atoms with Gasteiger partial charge in [0.15, 0.2) is 11.5 Å². The maximum absolute atomic E-state index is 6.25. The summed E-state index contributed by atoms with van der Waals surface area (Å²) in [7, 11) is 0. The van der Waals surface area contributed by atoms with Crippen molar-refractivity contribution in [3.05, 3.63) is 57.0 Å². The van der Waals surface area contributed by atoms with Crippen molar-refractivity contribution in [3.8, 4) is 23.0 Å². The monoisotopic (exact) mass is 505 g/mol. The third-order valence-corrected chi connectivity index (χ3v) is 4.54. The van der Waals surface area contributed by atoms with Gasteiger partial charge in [0.05, 0.1) is 29.0 Å². The van der Waals surface area contributed by atoms with E-state index in [2.05, 4.69) is 5.16 Å². The Hall–Kier alpha value is -1.79. The van der Waals surface area contributed by atoms with Gasteiger partial charge in [0, 0.05) is 12.1 Å². The molecule has 0 radical (unpaired) electrons. The van der Waals surface area contributed by atoms with Crippen molar-refractivity contribution in [2.75, 3.05) is 19.8 Å². The predicted molar refractivity (Wildman–Crippen MR) is 128 cm³/mol. The lowest BCUT2D eigenvalue weighted by atomic mass is 10.3. The maximum Gasteiger partial charge on any atom is 0.158 e. The molecule has 0 aliphatic rings. The molecule has 0 saturated carbocycles. The summed E-state index contributed by atoms with van der Waals surface area (Å²) in [5.41, 5.74) is 0.847. The second kappa shape index (κ2) is 13.6. The Morgan fingerprint density at radius 2 is 1.42 bits per heavy atom. The number of rotatable bonds is 12. The molecule has 2 aromatic rings. The van der Waals surface area contributed by atoms with E-state index in [4.69, 9.17) is 65.5 Å². The van der Waals surface area contributed by atoms with Crippen LogP contribution >= 0.6 is 46.4 Å². The van der Waals surface area contributed by atoms with Crippen LogP contribution < -0.4 is 19.0 Å². The smallest absolute Gasteiger partial charge is 0.158 e. The van der Waals surface area contributed by atoms with Gasteiger partial charge in [-0.25, -0.2) is 0 Å². The SMILES string of the molecule is CC(C)=NOc1ccc(OCCCCOc2c(Cl)cc(OCC=C(Cl)Cl)cc2Cl)cc1. The predicted octanol–water partition coefficient (Wildman–Crippen LogP) is 7.70. The Morgan fingerprint density at radius 3 is 2.00 bits per heavy atom. The average molecular weight is 507 g/mol. The van der Waals surface area contributed by atoms with Crippen LogP contribution in [-0.2, 0) is 0 Å². The van der Waals surface area contributed by atoms with E-state index < -0.39 is 0 Å². The number of nitrogens with zero attached hydrogens (tertiary/aromatic N) is 1. The van der Waals surface area contributed by atoms with Crippen LogP contribution in [0.3, 0.4) is 0 Å². The molecule has 0 atom stereocenters. The zero-order chi connectivity index (χ0) is 22.6. The van der Waals surface area contributed by atoms with Gasteiger partial charge >= 0.3 is 0 Å². The van der Waals surface area contributed by atoms with Crippen LogP contribution in [0.1, 0.15) is 26.7 Å². The molecule has 168 valence electrons. The van der Waals surface area contributed by atoms with E-state index in [0.29, 0.717) is 40.5 Å². The lowest BCUT2D eigenvalue weighted by Gasteiger charge is -2.12. The Balaban J connectivity index is 1.70. The zero-order valence-corrected chi connectivity index (χ0v) is 20.2. The van der Waals surface area contributed by atoms with E-state index in [1.807, 2.05) is 38.1 Å². The van der Waals surface area contributed by atoms with Crippen molar-refractivity contribution >= 4 is 52.1 Å². The molecule has 31 heavy (non-hydrogen) atoms. The van der Waals surface area contributed by atoms with Crippen LogP contribution in [0.4, 0.5) is 0 Å². The van der Waals surface area contributed by atoms with Crippen molar-refractivity contribution in [1.29, 1.82) is 0 Å². The van der Waals surface area contributed by atoms with E-state index in [9.17, 15) is 0 Å². The van der Waals surface area contributed by atoms with E-state index in [1.165, 1.54) is 6.08 Å². The maximum atomic E-state index is 6.25. The molecule has 0 aromatic heterocycles. The molecule has 9 heteroatoms. The van der Waals surface area contributed by atoms with Gasteiger partial charge in [0.1, 0.15) is 22.6 Å². The third-order valence-electron chi connectivity index (χ3n) is 3.67. The number of unbranched alkanes of at least 4 members (excludes halogenated alkanes) is 1. The highest BCUT2D eigenvalue weighted by Gasteiger charge is 2.10. The quantitative estimate of drug-likeness (QED) is 0.168. The molecule has 0 aliphatic heterocycles. The van der Waals surface area contributed by atoms with Crippen molar-refractivity contribution in [1.82, 2.24) is 0 Å². The van der Waals surface area contributed by atoms with Gasteiger partial charge in [-0.1, -0.05) is 51.6 Å². The van der Waals surface area contributed by atoms with E-state index in [1.54, 1.807) is 12.1 Å². The molecular weight excluding hydrogens is 484 g/mol. The first-order valence-electron chi connectivity index (χ1n) is 9.52. The van der Waals surface area contributed by atoms with Gasteiger partial charge in [-0.05, 0) is 57.0 Å². The minimum atomic E-state index is 0.129. The summed E-state index contributed by atoms with van der Waals surface area (Å²) in [5.74, 6) is 2.33. The summed E-state index contributed by atoms with van der Waals surface area (Å²) in [6.07, 6.45) is 3.09. The highest BCUT2D eigenvalue weighted by molar-refractivity contribution is 6.55. The van der Waals surface area contributed by atoms with E-state index >= 15 is 0 Å². The molecule has 2 aromatic carbocycles. The molecule has 0 fully saturated rings. The second-order valence-electron chi connectivity index (χ2n) is 6.53. The fourth-order valence-electron chi connectivity index (χ4n) is 2.27. The molecule has 0 spiro atoms. The number of ether oxygens (including phenoxy) is 3. The van der Waals surface area contributed by atoms with Gasteiger partial charge in [0.2, 0.25) is 0 Å². The van der Waals surface area contributed by atoms with Gasteiger partial charge in [-0.3, -0.25) is 0 Å². The molecular formula is C22H23Cl4NO4. The number of halogens is 4. The average Bonchev–Trinajstić information content (AvgIpc) is 2.71. The van der Waals surface area contributed by atoms with Crippen LogP contribution in [0.15, 0.2) is 52.1 Å². The normalized spacial score (nSPS) is 10.3. The minimum absolute atomic E-state index is 0.129. The highest BCUT2D eigenvalue weighted by Crippen LogP contribution is 2.37. The van der Waals surface area contributed by atoms with Crippen molar-refractivity contribution in [2.45, 2.75) is 26.7 Å². The standard InChI is InChI=1S/C22H23Cl4NO4/c1-15(2)27-31-17-7-5-16(6-8-17)28-10-3-4-11-30-22-19(23)13-18(14-20(22)24)29-12-9-21(25)26/h5-9,13-14H,3-4,10-12H2,1-2H3. The molecule has 0 heterocycles. The van der Waals surface area contributed by atoms with E-state index in [-0.39, 0.29) is 11.1 Å². The van der Waals surface area contributed by atoms with Crippen molar-refractivity contribution < 1.29 is 19.0 Å². The molecule has 0 aliphatic carbocycles. The number of oxime groups is 1. The highest BCUT2D eigenvalue weighted by atomic mass is 35.5. The fourth-order valence-corrected chi connectivity index (χ4v) is 2.97. The van der Waals surface area contributed by atoms with Gasteiger partial charge in [-0.2, -0.15) is 0 Å². The Kier molecular flexibility index (Phi) is 11.2. The summed E-state index contributed by atoms with van der Waals surface area (Å²) >= 11 is 23.6. The summed E-state index contributed by atoms with van der Waals surface area (Å²) in [6.45, 7) is 4.95. The molecule has 2 rings (SSSR count). The van der Waals surface area contributed by atoms with Gasteiger partial charge in [-0.15, -0.1) is 0 Å². The molecule has 0 bridgehead atoms. The second-order valence-corrected chi connectivity index (χ2v) is 8.35. The van der Waals surface area contributed by atoms with Gasteiger partial charge in [0.25, 0.3) is 0 Å². The van der Waals surface area contributed by atoms with Crippen molar-refractivity contribution in [3.63, 3.8) is 0 Å². The topological polar surface area (TPSA) is 49.3 Å². The number of hydrogen-bond donors (Lipinski definition) is 0. The van der Waals surface area contributed by atoms with Crippen LogP contribution in [0, 0.1) is 0 Å². The van der Waals surface area contributed by atoms with E-state index in [0.717, 1.165) is 24.3 Å². The van der Waals surface area contributed by atoms with Crippen LogP contribution in [0.25, 0.3) is 0 Å². The molecule has 0 unspecified atom stereocenters.